The average molecular weight is 353 g/mol. The molecule has 0 N–H and O–H groups in total. The lowest BCUT2D eigenvalue weighted by molar-refractivity contribution is -0.151. The first-order chi connectivity index (χ1) is 12.5. The fourth-order valence-corrected chi connectivity index (χ4v) is 2.67. The third kappa shape index (κ3) is 3.31. The van der Waals surface area contributed by atoms with Gasteiger partial charge in [0.2, 0.25) is 0 Å². The van der Waals surface area contributed by atoms with Gasteiger partial charge in [-0.05, 0) is 49.7 Å². The second-order valence-corrected chi connectivity index (χ2v) is 5.91. The zero-order chi connectivity index (χ0) is 18.7. The van der Waals surface area contributed by atoms with E-state index >= 15 is 0 Å². The Bertz CT molecular complexity index is 809. The SMILES string of the molecule is CCCOC(=O)[C@H](C)Oc1ccc(N2C(=O)c3ccccc3C2=O)cc1. The predicted molar refractivity (Wildman–Crippen MR) is 95.4 cm³/mol. The molecule has 3 rings (SSSR count). The maximum Gasteiger partial charge on any atom is 0.347 e. The smallest absolute Gasteiger partial charge is 0.347 e. The molecule has 0 radical (unpaired) electrons. The fraction of sp³-hybridized carbons (Fsp3) is 0.250. The normalized spacial score (nSPS) is 14.2. The van der Waals surface area contributed by atoms with Crippen molar-refractivity contribution in [3.05, 3.63) is 59.7 Å². The highest BCUT2D eigenvalue weighted by atomic mass is 16.6. The van der Waals surface area contributed by atoms with E-state index in [1.54, 1.807) is 55.5 Å². The van der Waals surface area contributed by atoms with Crippen LogP contribution < -0.4 is 9.64 Å². The largest absolute Gasteiger partial charge is 0.479 e. The van der Waals surface area contributed by atoms with Gasteiger partial charge in [-0.25, -0.2) is 9.69 Å². The Morgan fingerprint density at radius 1 is 1.00 bits per heavy atom. The van der Waals surface area contributed by atoms with Crippen LogP contribution in [0.2, 0.25) is 0 Å². The third-order valence-corrected chi connectivity index (χ3v) is 3.98. The predicted octanol–water partition coefficient (Wildman–Crippen LogP) is 3.21. The number of carbonyl (C=O) groups excluding carboxylic acids is 3. The lowest BCUT2D eigenvalue weighted by Crippen LogP contribution is -2.29. The van der Waals surface area contributed by atoms with Crippen molar-refractivity contribution in [2.45, 2.75) is 26.4 Å². The molecule has 6 heteroatoms. The van der Waals surface area contributed by atoms with Gasteiger partial charge < -0.3 is 9.47 Å². The molecule has 1 aliphatic heterocycles. The van der Waals surface area contributed by atoms with Crippen LogP contribution in [0.15, 0.2) is 48.5 Å². The van der Waals surface area contributed by atoms with Crippen molar-refractivity contribution in [3.8, 4) is 5.75 Å². The first-order valence-electron chi connectivity index (χ1n) is 8.44. The molecule has 1 aliphatic rings. The van der Waals surface area contributed by atoms with Gasteiger partial charge in [-0.15, -0.1) is 0 Å². The summed E-state index contributed by atoms with van der Waals surface area (Å²) < 4.78 is 10.6. The summed E-state index contributed by atoms with van der Waals surface area (Å²) in [7, 11) is 0. The summed E-state index contributed by atoms with van der Waals surface area (Å²) in [5.74, 6) is -0.686. The van der Waals surface area contributed by atoms with Gasteiger partial charge in [-0.3, -0.25) is 9.59 Å². The highest BCUT2D eigenvalue weighted by molar-refractivity contribution is 6.34. The van der Waals surface area contributed by atoms with Crippen LogP contribution in [0.4, 0.5) is 5.69 Å². The molecule has 0 aromatic heterocycles. The van der Waals surface area contributed by atoms with Gasteiger partial charge in [-0.2, -0.15) is 0 Å². The molecule has 0 saturated carbocycles. The lowest BCUT2D eigenvalue weighted by Gasteiger charge is -2.16. The van der Waals surface area contributed by atoms with Crippen molar-refractivity contribution in [1.82, 2.24) is 0 Å². The number of esters is 1. The van der Waals surface area contributed by atoms with Crippen LogP contribution in [-0.2, 0) is 9.53 Å². The van der Waals surface area contributed by atoms with E-state index in [4.69, 9.17) is 9.47 Å². The van der Waals surface area contributed by atoms with Crippen molar-refractivity contribution < 1.29 is 23.9 Å². The van der Waals surface area contributed by atoms with Crippen LogP contribution >= 0.6 is 0 Å². The van der Waals surface area contributed by atoms with Crippen molar-refractivity contribution in [1.29, 1.82) is 0 Å². The molecule has 26 heavy (non-hydrogen) atoms. The second kappa shape index (κ2) is 7.39. The number of hydrogen-bond acceptors (Lipinski definition) is 5. The van der Waals surface area contributed by atoms with Gasteiger partial charge in [0, 0.05) is 0 Å². The van der Waals surface area contributed by atoms with E-state index in [2.05, 4.69) is 0 Å². The summed E-state index contributed by atoms with van der Waals surface area (Å²) in [5.41, 5.74) is 1.24. The lowest BCUT2D eigenvalue weighted by atomic mass is 10.1. The number of amides is 2. The Balaban J connectivity index is 1.72. The molecule has 1 atom stereocenters. The number of nitrogens with zero attached hydrogens (tertiary/aromatic N) is 1. The fourth-order valence-electron chi connectivity index (χ4n) is 2.67. The first-order valence-corrected chi connectivity index (χ1v) is 8.44. The van der Waals surface area contributed by atoms with Crippen molar-refractivity contribution in [2.75, 3.05) is 11.5 Å². The van der Waals surface area contributed by atoms with Crippen LogP contribution in [0.25, 0.3) is 0 Å². The molecule has 0 fully saturated rings. The number of fused-ring (bicyclic) bond motifs is 1. The minimum atomic E-state index is -0.744. The number of imide groups is 1. The first kappa shape index (κ1) is 17.7. The van der Waals surface area contributed by atoms with Crippen LogP contribution in [0, 0.1) is 0 Å². The number of anilines is 1. The van der Waals surface area contributed by atoms with Gasteiger partial charge in [0.15, 0.2) is 6.10 Å². The van der Waals surface area contributed by atoms with Gasteiger partial charge >= 0.3 is 5.97 Å². The number of hydrogen-bond donors (Lipinski definition) is 0. The van der Waals surface area contributed by atoms with E-state index in [0.717, 1.165) is 11.3 Å². The van der Waals surface area contributed by atoms with E-state index in [0.29, 0.717) is 29.2 Å². The molecular formula is C20H19NO5. The monoisotopic (exact) mass is 353 g/mol. The maximum atomic E-state index is 12.5. The average Bonchev–Trinajstić information content (AvgIpc) is 2.91. The molecule has 2 aromatic carbocycles. The van der Waals surface area contributed by atoms with E-state index < -0.39 is 12.1 Å². The summed E-state index contributed by atoms with van der Waals surface area (Å²) in [6.45, 7) is 3.87. The Morgan fingerprint density at radius 2 is 1.58 bits per heavy atom. The summed E-state index contributed by atoms with van der Waals surface area (Å²) in [6, 6.07) is 13.2. The molecule has 6 nitrogen and oxygen atoms in total. The summed E-state index contributed by atoms with van der Waals surface area (Å²) >= 11 is 0. The number of rotatable bonds is 6. The number of ether oxygens (including phenoxy) is 2. The highest BCUT2D eigenvalue weighted by Crippen LogP contribution is 2.29. The van der Waals surface area contributed by atoms with Crippen LogP contribution in [0.1, 0.15) is 41.0 Å². The Labute approximate surface area is 151 Å². The molecule has 0 bridgehead atoms. The Kier molecular flexibility index (Phi) is 5.02. The van der Waals surface area contributed by atoms with Gasteiger partial charge in [0.1, 0.15) is 5.75 Å². The van der Waals surface area contributed by atoms with E-state index in [-0.39, 0.29) is 11.8 Å². The molecule has 2 aromatic rings. The molecule has 2 amide bonds. The van der Waals surface area contributed by atoms with E-state index in [1.165, 1.54) is 0 Å². The quantitative estimate of drug-likeness (QED) is 0.589. The minimum absolute atomic E-state index is 0.351. The van der Waals surface area contributed by atoms with Crippen molar-refractivity contribution in [3.63, 3.8) is 0 Å². The Hall–Kier alpha value is -3.15. The van der Waals surface area contributed by atoms with E-state index in [9.17, 15) is 14.4 Å². The molecule has 0 aliphatic carbocycles. The zero-order valence-corrected chi connectivity index (χ0v) is 14.6. The van der Waals surface area contributed by atoms with Gasteiger partial charge in [0.25, 0.3) is 11.8 Å². The molecular weight excluding hydrogens is 334 g/mol. The summed E-state index contributed by atoms with van der Waals surface area (Å²) in [5, 5.41) is 0. The molecule has 0 saturated heterocycles. The molecule has 134 valence electrons. The maximum absolute atomic E-state index is 12.5. The van der Waals surface area contributed by atoms with Crippen molar-refractivity contribution in [2.24, 2.45) is 0 Å². The van der Waals surface area contributed by atoms with E-state index in [1.807, 2.05) is 6.92 Å². The third-order valence-electron chi connectivity index (χ3n) is 3.98. The van der Waals surface area contributed by atoms with Crippen LogP contribution in [0.3, 0.4) is 0 Å². The van der Waals surface area contributed by atoms with Gasteiger partial charge in [0.05, 0.1) is 23.4 Å². The standard InChI is InChI=1S/C20H19NO5/c1-3-12-25-20(24)13(2)26-15-10-8-14(9-11-15)21-18(22)16-6-4-5-7-17(16)19(21)23/h4-11,13H,3,12H2,1-2H3/t13-/m0/s1. The van der Waals surface area contributed by atoms with Crippen LogP contribution in [-0.4, -0.2) is 30.5 Å². The second-order valence-electron chi connectivity index (χ2n) is 5.91. The summed E-state index contributed by atoms with van der Waals surface area (Å²) in [6.07, 6.45) is -0.000301. The molecule has 1 heterocycles. The summed E-state index contributed by atoms with van der Waals surface area (Å²) in [4.78, 5) is 37.8. The number of benzene rings is 2. The van der Waals surface area contributed by atoms with Crippen LogP contribution in [0.5, 0.6) is 5.75 Å². The molecule has 0 unspecified atom stereocenters. The highest BCUT2D eigenvalue weighted by Gasteiger charge is 2.36. The molecule has 0 spiro atoms. The van der Waals surface area contributed by atoms with Crippen molar-refractivity contribution >= 4 is 23.5 Å². The minimum Gasteiger partial charge on any atom is -0.479 e. The zero-order valence-electron chi connectivity index (χ0n) is 14.6. The topological polar surface area (TPSA) is 72.9 Å². The van der Waals surface area contributed by atoms with Gasteiger partial charge in [-0.1, -0.05) is 19.1 Å². The Morgan fingerprint density at radius 3 is 2.12 bits per heavy atom. The number of carbonyl (C=O) groups is 3.